The molecule has 476 valence electrons. The van der Waals surface area contributed by atoms with E-state index in [1.807, 2.05) is 24.3 Å². The number of hydrogen-bond donors (Lipinski definition) is 0. The van der Waals surface area contributed by atoms with Crippen molar-refractivity contribution >= 4 is 61.7 Å². The zero-order valence-electron chi connectivity index (χ0n) is 92.6. The fourth-order valence-electron chi connectivity index (χ4n) is 13.2. The minimum absolute atomic E-state index is 0. The molecule has 0 N–H and O–H groups in total. The van der Waals surface area contributed by atoms with Gasteiger partial charge < -0.3 is 13.9 Å². The molecule has 0 radical (unpaired) electrons. The van der Waals surface area contributed by atoms with Gasteiger partial charge in [-0.25, -0.2) is 4.98 Å². The second-order valence-electron chi connectivity index (χ2n) is 24.8. The van der Waals surface area contributed by atoms with Crippen LogP contribution >= 0.6 is 0 Å². The summed E-state index contributed by atoms with van der Waals surface area (Å²) >= 11 is 0. The average Bonchev–Trinajstić information content (AvgIpc) is 1.24. The van der Waals surface area contributed by atoms with Crippen LogP contribution in [0.4, 0.5) is 0 Å². The summed E-state index contributed by atoms with van der Waals surface area (Å²) in [6.07, 6.45) is -3.15. The average molecular weight is 1480 g/mol. The van der Waals surface area contributed by atoms with Gasteiger partial charge in [0, 0.05) is 75.9 Å². The van der Waals surface area contributed by atoms with E-state index in [1.165, 1.54) is 58.7 Å². The minimum Gasteiger partial charge on any atom is -0.510 e. The fourth-order valence-corrected chi connectivity index (χ4v) is 16.8. The molecule has 3 heterocycles. The topological polar surface area (TPSA) is 35.9 Å². The molecule has 0 fully saturated rings. The van der Waals surface area contributed by atoms with Crippen molar-refractivity contribution in [3.8, 4) is 62.1 Å². The van der Waals surface area contributed by atoms with Crippen molar-refractivity contribution in [1.29, 1.82) is 0 Å². The summed E-state index contributed by atoms with van der Waals surface area (Å²) in [7, 11) is -6.74. The molecule has 2 aliphatic carbocycles. The van der Waals surface area contributed by atoms with E-state index in [0.29, 0.717) is 32.9 Å². The largest absolute Gasteiger partial charge is 0.510 e. The molecule has 0 spiro atoms. The van der Waals surface area contributed by atoms with E-state index in [0.717, 1.165) is 41.2 Å². The molecule has 0 saturated carbocycles. The molecule has 0 unspecified atom stereocenters. The Bertz CT molecular complexity index is 7230. The van der Waals surface area contributed by atoms with Crippen LogP contribution in [0, 0.1) is 25.3 Å². The van der Waals surface area contributed by atoms with Gasteiger partial charge in [0.1, 0.15) is 5.82 Å². The third-order valence-corrected chi connectivity index (χ3v) is 22.0. The van der Waals surface area contributed by atoms with Gasteiger partial charge in [-0.2, -0.15) is 18.2 Å². The SMILES string of the molecule is [2H]c1c([2H])c([2H])c([Si](c2c([2H])c([2H])c([2H])c([2H])c2[2H])(c2c([2H])c([2H])c([2H])c([2H])c2[2H])c2c([2H])c([2H])c([2H])c(-c3cccc(-c4c([2H])c([2H])c5c(c4[2H])C(C([2H])([2H])[2H])(C([2H])([2H])[2H])C([2H])([2H])C([2H])([2H])C5(C([2H])([2H])[2H])C([2H])([2H])[2H])c3-[n+]3[c-]n(-c4[c-]c(Oc5[c-]c6c(cc5)c5ccccc5n6-c5cc(C([2H])([2H])[2H])c(-c6ccc7c(c6)C(C)(C)CCC7(C)C)cn5)ccc4)c4ccccc43)c2[2H])c([2H])c1[2H].[Pt]. The molecule has 2 aliphatic rings. The van der Waals surface area contributed by atoms with Crippen LogP contribution in [0.25, 0.3) is 83.4 Å². The summed E-state index contributed by atoms with van der Waals surface area (Å²) in [5.74, 6) is 0.153. The zero-order valence-corrected chi connectivity index (χ0v) is 54.8. The number of hydrogen-bond acceptors (Lipinski definition) is 2. The van der Waals surface area contributed by atoms with E-state index in [-0.39, 0.29) is 71.5 Å². The van der Waals surface area contributed by atoms with Crippen molar-refractivity contribution < 1.29 is 86.6 Å². The number of para-hydroxylation sites is 4. The molecule has 14 aromatic rings. The van der Waals surface area contributed by atoms with Gasteiger partial charge in [0.05, 0.1) is 46.9 Å². The summed E-state index contributed by atoms with van der Waals surface area (Å²) < 4.78 is 400. The standard InChI is InChI=1S/C89H78N4OSi.Pt/c1-60-52-84(90-58-75(60)63-43-47-77-79(55-63)89(8,9)51-49-87(77,4)5)93-80-39-20-19-36-73(80)74-45-44-66(57-83(74)93)94-65-28-24-27-64(56-65)91-59-92(82-41-22-21-40-81(82)91)85-71(37-25-38-72(85)62-42-46-76-78(54-62)88(6,7)50-48-86(76,2)3)61-26-23-35-70(53-61)95(67-29-13-10-14-30-67,68-31-15-11-16-32-68)69-33-17-12-18-34-69;/h10-47,52-55,58H,48-51H2,1-9H3;/q-2;/i1D3,2D3,3D3,6D3,7D3,10D,11D,12D,13D,14D,15D,16D,17D,18D,23D,26D,29D,30D,31D,32D,33D,34D,35D,42D,46D,48D2,50D2,53D,54D;. The van der Waals surface area contributed by atoms with E-state index in [1.54, 1.807) is 29.0 Å². The maximum absolute atomic E-state index is 11.1. The van der Waals surface area contributed by atoms with Crippen LogP contribution in [-0.4, -0.2) is 22.2 Å². The predicted molar refractivity (Wildman–Crippen MR) is 395 cm³/mol. The van der Waals surface area contributed by atoms with Gasteiger partial charge >= 0.3 is 0 Å². The van der Waals surface area contributed by atoms with Crippen LogP contribution in [0.15, 0.2) is 260 Å². The molecule has 3 aromatic heterocycles. The first-order valence-corrected chi connectivity index (χ1v) is 32.3. The smallest absolute Gasteiger partial charge is 0.268 e. The molecule has 7 heteroatoms. The summed E-state index contributed by atoms with van der Waals surface area (Å²) in [5.41, 5.74) is -14.3. The molecule has 0 atom stereocenters. The normalized spacial score (nSPS) is 23.1. The first kappa shape index (κ1) is 31.6. The van der Waals surface area contributed by atoms with Crippen LogP contribution in [0.1, 0.15) is 165 Å². The quantitative estimate of drug-likeness (QED) is 0.0529. The van der Waals surface area contributed by atoms with Gasteiger partial charge in [0.25, 0.3) is 6.33 Å². The van der Waals surface area contributed by atoms with E-state index in [4.69, 9.17) is 26.2 Å². The Labute approximate surface area is 638 Å². The number of nitrogens with zero attached hydrogens (tertiary/aromatic N) is 4. The summed E-state index contributed by atoms with van der Waals surface area (Å²) in [5, 5.41) is -3.77. The number of benzene rings is 11. The van der Waals surface area contributed by atoms with Crippen molar-refractivity contribution in [3.05, 3.63) is 307 Å². The van der Waals surface area contributed by atoms with Crippen LogP contribution < -0.4 is 30.1 Å². The molecular formula is C89H78N4OPtSi-2. The monoisotopic (exact) mass is 1480 g/mol. The minimum atomic E-state index is -6.74. The van der Waals surface area contributed by atoms with Crippen molar-refractivity contribution in [3.63, 3.8) is 0 Å². The molecule has 16 rings (SSSR count). The van der Waals surface area contributed by atoms with Gasteiger partial charge in [-0.1, -0.05) is 272 Å². The maximum atomic E-state index is 11.1. The Morgan fingerprint density at radius 2 is 1.15 bits per heavy atom. The number of aromatic nitrogens is 4. The zero-order chi connectivity index (χ0) is 100. The number of aryl methyl sites for hydroxylation is 1. The number of pyridine rings is 1. The first-order valence-electron chi connectivity index (χ1n) is 50.8. The number of fused-ring (bicyclic) bond motifs is 6. The van der Waals surface area contributed by atoms with Crippen LogP contribution in [-0.2, 0) is 42.7 Å². The molecule has 0 amide bonds. The van der Waals surface area contributed by atoms with Gasteiger partial charge in [-0.15, -0.1) is 29.7 Å². The molecule has 96 heavy (non-hydrogen) atoms. The van der Waals surface area contributed by atoms with Gasteiger partial charge in [0.15, 0.2) is 8.07 Å². The summed E-state index contributed by atoms with van der Waals surface area (Å²) in [4.78, 5) is 4.97. The third-order valence-electron chi connectivity index (χ3n) is 18.0. The fraction of sp³-hybridized carbons (Fsp3) is 0.191. The van der Waals surface area contributed by atoms with Crippen molar-refractivity contribution in [2.45, 2.75) is 109 Å². The van der Waals surface area contributed by atoms with Gasteiger partial charge in [-0.05, 0) is 154 Å². The summed E-state index contributed by atoms with van der Waals surface area (Å²) in [6, 6.07) is 7.48. The Hall–Kier alpha value is -9.45. The summed E-state index contributed by atoms with van der Waals surface area (Å²) in [6.45, 7) is -12.2. The Kier molecular flexibility index (Phi) is 7.91. The van der Waals surface area contributed by atoms with Crippen LogP contribution in [0.3, 0.4) is 0 Å². The Morgan fingerprint density at radius 1 is 0.521 bits per heavy atom. The van der Waals surface area contributed by atoms with Gasteiger partial charge in [-0.3, -0.25) is 4.57 Å². The predicted octanol–water partition coefficient (Wildman–Crippen LogP) is 19.0. The van der Waals surface area contributed by atoms with E-state index < -0.39 is 259 Å². The van der Waals surface area contributed by atoms with Crippen molar-refractivity contribution in [2.75, 3.05) is 0 Å². The number of rotatable bonds is 12. The van der Waals surface area contributed by atoms with Gasteiger partial charge in [0.2, 0.25) is 0 Å². The molecule has 0 saturated heterocycles. The second kappa shape index (κ2) is 24.0. The number of imidazole rings is 1. The molecule has 5 nitrogen and oxygen atoms in total. The van der Waals surface area contributed by atoms with Crippen molar-refractivity contribution in [2.24, 2.45) is 0 Å². The molecule has 0 aliphatic heterocycles. The second-order valence-corrected chi connectivity index (χ2v) is 28.3. The molecule has 0 bridgehead atoms. The van der Waals surface area contributed by atoms with Crippen LogP contribution in [0.5, 0.6) is 11.5 Å². The molecule has 11 aromatic carbocycles. The number of ether oxygens (including phenoxy) is 1. The Morgan fingerprint density at radius 3 is 1.84 bits per heavy atom. The van der Waals surface area contributed by atoms with E-state index in [9.17, 15) is 39.8 Å². The van der Waals surface area contributed by atoms with E-state index >= 15 is 0 Å². The van der Waals surface area contributed by atoms with Crippen molar-refractivity contribution in [1.82, 2.24) is 14.1 Å². The maximum Gasteiger partial charge on any atom is 0.268 e. The first-order chi connectivity index (χ1) is 62.9. The van der Waals surface area contributed by atoms with E-state index in [2.05, 4.69) is 58.3 Å². The van der Waals surface area contributed by atoms with Crippen LogP contribution in [0.2, 0.25) is 0 Å². The molecular weight excluding hydrogens is 1360 g/mol. The third kappa shape index (κ3) is 10.5. The Balaban J connectivity index is 0.0000143.